The van der Waals surface area contributed by atoms with Crippen molar-refractivity contribution in [2.45, 2.75) is 32.4 Å². The number of rotatable bonds is 2. The third-order valence-corrected chi connectivity index (χ3v) is 2.36. The average molecular weight is 142 g/mol. The summed E-state index contributed by atoms with van der Waals surface area (Å²) in [5.41, 5.74) is 0. The van der Waals surface area contributed by atoms with Crippen LogP contribution in [0, 0.1) is 0 Å². The van der Waals surface area contributed by atoms with Crippen molar-refractivity contribution in [3.63, 3.8) is 0 Å². The average Bonchev–Trinajstić information content (AvgIpc) is 2.05. The van der Waals surface area contributed by atoms with E-state index in [0.29, 0.717) is 6.17 Å². The maximum Gasteiger partial charge on any atom is 0.0565 e. The third-order valence-electron chi connectivity index (χ3n) is 2.36. The first kappa shape index (κ1) is 8.02. The molecule has 0 amide bonds. The van der Waals surface area contributed by atoms with Crippen molar-refractivity contribution in [1.82, 2.24) is 10.2 Å². The van der Waals surface area contributed by atoms with Gasteiger partial charge in [0.1, 0.15) is 0 Å². The van der Waals surface area contributed by atoms with E-state index in [-0.39, 0.29) is 0 Å². The molecule has 1 aliphatic rings. The minimum absolute atomic E-state index is 0.570. The molecular formula is C8H18N2. The molecule has 1 N–H and O–H groups in total. The van der Waals surface area contributed by atoms with Crippen LogP contribution in [0.5, 0.6) is 0 Å². The van der Waals surface area contributed by atoms with E-state index in [4.69, 9.17) is 0 Å². The zero-order valence-electron chi connectivity index (χ0n) is 7.06. The SMILES string of the molecule is CN[C@@H](C)N1CCCCC1. The van der Waals surface area contributed by atoms with E-state index in [1.165, 1.54) is 32.4 Å². The minimum Gasteiger partial charge on any atom is -0.305 e. The van der Waals surface area contributed by atoms with Crippen LogP contribution < -0.4 is 5.32 Å². The molecule has 1 heterocycles. The van der Waals surface area contributed by atoms with Gasteiger partial charge in [-0.25, -0.2) is 0 Å². The van der Waals surface area contributed by atoms with Gasteiger partial charge in [-0.05, 0) is 39.9 Å². The predicted octanol–water partition coefficient (Wildman–Crippen LogP) is 1.04. The fraction of sp³-hybridized carbons (Fsp3) is 1.00. The van der Waals surface area contributed by atoms with Crippen LogP contribution in [0.1, 0.15) is 26.2 Å². The second kappa shape index (κ2) is 3.94. The number of nitrogens with zero attached hydrogens (tertiary/aromatic N) is 1. The van der Waals surface area contributed by atoms with E-state index >= 15 is 0 Å². The van der Waals surface area contributed by atoms with Gasteiger partial charge in [-0.2, -0.15) is 0 Å². The molecule has 0 aromatic heterocycles. The van der Waals surface area contributed by atoms with E-state index in [1.807, 2.05) is 7.05 Å². The number of likely N-dealkylation sites (tertiary alicyclic amines) is 1. The van der Waals surface area contributed by atoms with Gasteiger partial charge in [0, 0.05) is 0 Å². The highest BCUT2D eigenvalue weighted by molar-refractivity contribution is 4.68. The molecule has 1 rings (SSSR count). The molecule has 0 spiro atoms. The Kier molecular flexibility index (Phi) is 3.16. The summed E-state index contributed by atoms with van der Waals surface area (Å²) in [6, 6.07) is 0. The maximum absolute atomic E-state index is 3.26. The Labute approximate surface area is 63.6 Å². The van der Waals surface area contributed by atoms with Crippen molar-refractivity contribution in [3.05, 3.63) is 0 Å². The maximum atomic E-state index is 3.26. The molecule has 2 nitrogen and oxygen atoms in total. The lowest BCUT2D eigenvalue weighted by molar-refractivity contribution is 0.155. The molecule has 1 atom stereocenters. The van der Waals surface area contributed by atoms with Gasteiger partial charge >= 0.3 is 0 Å². The fourth-order valence-electron chi connectivity index (χ4n) is 1.49. The summed E-state index contributed by atoms with van der Waals surface area (Å²) in [5.74, 6) is 0. The van der Waals surface area contributed by atoms with Gasteiger partial charge in [0.25, 0.3) is 0 Å². The first-order valence-corrected chi connectivity index (χ1v) is 4.26. The van der Waals surface area contributed by atoms with Crippen LogP contribution in [-0.2, 0) is 0 Å². The van der Waals surface area contributed by atoms with Crippen LogP contribution in [0.4, 0.5) is 0 Å². The highest BCUT2D eigenvalue weighted by atomic mass is 15.3. The summed E-state index contributed by atoms with van der Waals surface area (Å²) < 4.78 is 0. The van der Waals surface area contributed by atoms with Crippen LogP contribution in [-0.4, -0.2) is 31.2 Å². The largest absolute Gasteiger partial charge is 0.305 e. The second-order valence-electron chi connectivity index (χ2n) is 3.06. The van der Waals surface area contributed by atoms with Crippen LogP contribution in [0.2, 0.25) is 0 Å². The van der Waals surface area contributed by atoms with Crippen molar-refractivity contribution in [3.8, 4) is 0 Å². The minimum atomic E-state index is 0.570. The Morgan fingerprint density at radius 1 is 1.20 bits per heavy atom. The van der Waals surface area contributed by atoms with Crippen molar-refractivity contribution in [1.29, 1.82) is 0 Å². The van der Waals surface area contributed by atoms with Gasteiger partial charge in [-0.15, -0.1) is 0 Å². The van der Waals surface area contributed by atoms with Gasteiger partial charge in [0.2, 0.25) is 0 Å². The molecule has 0 saturated carbocycles. The Morgan fingerprint density at radius 2 is 1.80 bits per heavy atom. The van der Waals surface area contributed by atoms with E-state index in [2.05, 4.69) is 17.1 Å². The molecule has 2 heteroatoms. The number of nitrogens with one attached hydrogen (secondary N) is 1. The molecule has 0 unspecified atom stereocenters. The molecule has 0 aromatic rings. The van der Waals surface area contributed by atoms with E-state index < -0.39 is 0 Å². The fourth-order valence-corrected chi connectivity index (χ4v) is 1.49. The van der Waals surface area contributed by atoms with Gasteiger partial charge in [0.15, 0.2) is 0 Å². The Morgan fingerprint density at radius 3 is 2.30 bits per heavy atom. The predicted molar refractivity (Wildman–Crippen MR) is 43.9 cm³/mol. The molecule has 0 aromatic carbocycles. The summed E-state index contributed by atoms with van der Waals surface area (Å²) >= 11 is 0. The molecule has 0 aliphatic carbocycles. The van der Waals surface area contributed by atoms with Gasteiger partial charge in [-0.3, -0.25) is 4.90 Å². The van der Waals surface area contributed by atoms with Crippen LogP contribution in [0.15, 0.2) is 0 Å². The molecule has 0 bridgehead atoms. The second-order valence-corrected chi connectivity index (χ2v) is 3.06. The van der Waals surface area contributed by atoms with Crippen LogP contribution in [0.3, 0.4) is 0 Å². The number of hydrogen-bond acceptors (Lipinski definition) is 2. The lowest BCUT2D eigenvalue weighted by atomic mass is 10.1. The molecule has 60 valence electrons. The van der Waals surface area contributed by atoms with Crippen molar-refractivity contribution in [2.24, 2.45) is 0 Å². The lowest BCUT2D eigenvalue weighted by Gasteiger charge is -2.31. The number of piperidine rings is 1. The normalized spacial score (nSPS) is 24.6. The first-order chi connectivity index (χ1) is 4.84. The molecule has 1 aliphatic heterocycles. The quantitative estimate of drug-likeness (QED) is 0.619. The Bertz CT molecular complexity index is 87.3. The summed E-state index contributed by atoms with van der Waals surface area (Å²) in [6.45, 7) is 4.79. The van der Waals surface area contributed by atoms with Crippen LogP contribution in [0.25, 0.3) is 0 Å². The third kappa shape index (κ3) is 1.96. The standard InChI is InChI=1S/C8H18N2/c1-8(9-2)10-6-4-3-5-7-10/h8-9H,3-7H2,1-2H3/t8-/m1/s1. The molecule has 1 saturated heterocycles. The van der Waals surface area contributed by atoms with Gasteiger partial charge < -0.3 is 5.32 Å². The Hall–Kier alpha value is -0.0800. The molecular weight excluding hydrogens is 124 g/mol. The van der Waals surface area contributed by atoms with Gasteiger partial charge in [0.05, 0.1) is 6.17 Å². The van der Waals surface area contributed by atoms with Crippen molar-refractivity contribution >= 4 is 0 Å². The van der Waals surface area contributed by atoms with Gasteiger partial charge in [-0.1, -0.05) is 6.42 Å². The highest BCUT2D eigenvalue weighted by Crippen LogP contribution is 2.09. The smallest absolute Gasteiger partial charge is 0.0565 e. The summed E-state index contributed by atoms with van der Waals surface area (Å²) in [6.07, 6.45) is 4.76. The first-order valence-electron chi connectivity index (χ1n) is 4.26. The summed E-state index contributed by atoms with van der Waals surface area (Å²) in [7, 11) is 2.03. The topological polar surface area (TPSA) is 15.3 Å². The van der Waals surface area contributed by atoms with Crippen molar-refractivity contribution < 1.29 is 0 Å². The number of hydrogen-bond donors (Lipinski definition) is 1. The summed E-state index contributed by atoms with van der Waals surface area (Å²) in [4.78, 5) is 2.50. The lowest BCUT2D eigenvalue weighted by Crippen LogP contribution is -2.44. The molecule has 1 fully saturated rings. The van der Waals surface area contributed by atoms with E-state index in [9.17, 15) is 0 Å². The summed E-state index contributed by atoms with van der Waals surface area (Å²) in [5, 5.41) is 3.26. The van der Waals surface area contributed by atoms with Crippen LogP contribution >= 0.6 is 0 Å². The zero-order valence-corrected chi connectivity index (χ0v) is 7.06. The van der Waals surface area contributed by atoms with Crippen molar-refractivity contribution in [2.75, 3.05) is 20.1 Å². The highest BCUT2D eigenvalue weighted by Gasteiger charge is 2.13. The zero-order chi connectivity index (χ0) is 7.40. The monoisotopic (exact) mass is 142 g/mol. The Balaban J connectivity index is 2.24. The van der Waals surface area contributed by atoms with E-state index in [0.717, 1.165) is 0 Å². The molecule has 10 heavy (non-hydrogen) atoms. The van der Waals surface area contributed by atoms with E-state index in [1.54, 1.807) is 0 Å². The molecule has 0 radical (unpaired) electrons.